The SMILES string of the molecule is OCC#Cc1ccc(CN2C3CCC2CC(O)C3)s1. The van der Waals surface area contributed by atoms with E-state index in [1.807, 2.05) is 6.07 Å². The minimum Gasteiger partial charge on any atom is -0.393 e. The van der Waals surface area contributed by atoms with E-state index in [4.69, 9.17) is 5.11 Å². The summed E-state index contributed by atoms with van der Waals surface area (Å²) in [7, 11) is 0. The molecule has 1 aromatic rings. The van der Waals surface area contributed by atoms with Crippen molar-refractivity contribution in [2.75, 3.05) is 6.61 Å². The fourth-order valence-corrected chi connectivity index (χ4v) is 4.23. The Balaban J connectivity index is 1.67. The van der Waals surface area contributed by atoms with Gasteiger partial charge in [0.2, 0.25) is 0 Å². The van der Waals surface area contributed by atoms with Crippen LogP contribution in [-0.2, 0) is 6.54 Å². The molecule has 2 bridgehead atoms. The quantitative estimate of drug-likeness (QED) is 0.807. The zero-order chi connectivity index (χ0) is 13.2. The van der Waals surface area contributed by atoms with Gasteiger partial charge in [0.25, 0.3) is 0 Å². The van der Waals surface area contributed by atoms with E-state index in [0.29, 0.717) is 12.1 Å². The summed E-state index contributed by atoms with van der Waals surface area (Å²) in [4.78, 5) is 4.91. The summed E-state index contributed by atoms with van der Waals surface area (Å²) >= 11 is 1.71. The largest absolute Gasteiger partial charge is 0.393 e. The third-order valence-electron chi connectivity index (χ3n) is 4.15. The van der Waals surface area contributed by atoms with Crippen LogP contribution in [0.3, 0.4) is 0 Å². The molecule has 4 heteroatoms. The van der Waals surface area contributed by atoms with Gasteiger partial charge in [0.05, 0.1) is 11.0 Å². The van der Waals surface area contributed by atoms with Crippen molar-refractivity contribution in [3.05, 3.63) is 21.9 Å². The van der Waals surface area contributed by atoms with Crippen LogP contribution in [0, 0.1) is 11.8 Å². The van der Waals surface area contributed by atoms with Gasteiger partial charge in [-0.1, -0.05) is 11.8 Å². The Morgan fingerprint density at radius 1 is 1.26 bits per heavy atom. The molecule has 1 aromatic heterocycles. The number of thiophene rings is 1. The zero-order valence-electron chi connectivity index (χ0n) is 10.9. The lowest BCUT2D eigenvalue weighted by Crippen LogP contribution is -2.43. The zero-order valence-corrected chi connectivity index (χ0v) is 11.7. The van der Waals surface area contributed by atoms with Gasteiger partial charge in [-0.2, -0.15) is 0 Å². The van der Waals surface area contributed by atoms with E-state index < -0.39 is 0 Å². The lowest BCUT2D eigenvalue weighted by molar-refractivity contribution is 0.0316. The van der Waals surface area contributed by atoms with Gasteiger partial charge in [-0.3, -0.25) is 4.90 Å². The third kappa shape index (κ3) is 2.85. The molecule has 2 N–H and O–H groups in total. The molecule has 0 aromatic carbocycles. The van der Waals surface area contributed by atoms with Gasteiger partial charge in [-0.25, -0.2) is 0 Å². The van der Waals surface area contributed by atoms with Crippen LogP contribution in [0.1, 0.15) is 35.4 Å². The first-order chi connectivity index (χ1) is 9.26. The van der Waals surface area contributed by atoms with Crippen molar-refractivity contribution < 1.29 is 10.2 Å². The lowest BCUT2D eigenvalue weighted by Gasteiger charge is -2.36. The Kier molecular flexibility index (Phi) is 3.90. The number of aliphatic hydroxyl groups is 2. The summed E-state index contributed by atoms with van der Waals surface area (Å²) in [6.07, 6.45) is 4.22. The molecule has 2 aliphatic heterocycles. The van der Waals surface area contributed by atoms with Crippen molar-refractivity contribution in [2.45, 2.75) is 50.4 Å². The Morgan fingerprint density at radius 3 is 2.68 bits per heavy atom. The minimum atomic E-state index is -0.0944. The van der Waals surface area contributed by atoms with Crippen LogP contribution in [-0.4, -0.2) is 39.9 Å². The molecule has 0 amide bonds. The highest BCUT2D eigenvalue weighted by atomic mass is 32.1. The number of piperidine rings is 1. The van der Waals surface area contributed by atoms with E-state index in [2.05, 4.69) is 22.8 Å². The van der Waals surface area contributed by atoms with Crippen LogP contribution in [0.25, 0.3) is 0 Å². The molecule has 0 radical (unpaired) electrons. The van der Waals surface area contributed by atoms with Crippen LogP contribution < -0.4 is 0 Å². The summed E-state index contributed by atoms with van der Waals surface area (Å²) in [5.74, 6) is 5.64. The first kappa shape index (κ1) is 13.1. The normalized spacial score (nSPS) is 30.1. The molecular formula is C15H19NO2S. The topological polar surface area (TPSA) is 43.7 Å². The van der Waals surface area contributed by atoms with Gasteiger partial charge in [-0.15, -0.1) is 11.3 Å². The number of nitrogens with zero attached hydrogens (tertiary/aromatic N) is 1. The molecule has 102 valence electrons. The first-order valence-electron chi connectivity index (χ1n) is 6.88. The Bertz CT molecular complexity index is 488. The maximum atomic E-state index is 9.81. The summed E-state index contributed by atoms with van der Waals surface area (Å²) in [6.45, 7) is 0.898. The second kappa shape index (κ2) is 5.64. The van der Waals surface area contributed by atoms with Gasteiger partial charge in [0.15, 0.2) is 0 Å². The molecule has 2 atom stereocenters. The van der Waals surface area contributed by atoms with E-state index in [0.717, 1.165) is 24.3 Å². The predicted molar refractivity (Wildman–Crippen MR) is 75.9 cm³/mol. The molecule has 19 heavy (non-hydrogen) atoms. The summed E-state index contributed by atoms with van der Waals surface area (Å²) in [5.41, 5.74) is 0. The van der Waals surface area contributed by atoms with Crippen LogP contribution in [0.2, 0.25) is 0 Å². The van der Waals surface area contributed by atoms with Crippen molar-refractivity contribution in [1.29, 1.82) is 0 Å². The van der Waals surface area contributed by atoms with Gasteiger partial charge >= 0.3 is 0 Å². The third-order valence-corrected chi connectivity index (χ3v) is 5.14. The van der Waals surface area contributed by atoms with Crippen molar-refractivity contribution in [1.82, 2.24) is 4.90 Å². The monoisotopic (exact) mass is 277 g/mol. The molecule has 0 saturated carbocycles. The maximum Gasteiger partial charge on any atom is 0.104 e. The molecular weight excluding hydrogens is 258 g/mol. The molecule has 2 fully saturated rings. The van der Waals surface area contributed by atoms with E-state index in [1.165, 1.54) is 17.7 Å². The van der Waals surface area contributed by atoms with E-state index in [9.17, 15) is 5.11 Å². The number of aliphatic hydroxyl groups excluding tert-OH is 2. The predicted octanol–water partition coefficient (Wildman–Crippen LogP) is 1.58. The maximum absolute atomic E-state index is 9.81. The fourth-order valence-electron chi connectivity index (χ4n) is 3.34. The fraction of sp³-hybridized carbons (Fsp3) is 0.600. The Hall–Kier alpha value is -0.860. The Labute approximate surface area is 117 Å². The molecule has 2 saturated heterocycles. The molecule has 3 nitrogen and oxygen atoms in total. The second-order valence-corrected chi connectivity index (χ2v) is 6.58. The Morgan fingerprint density at radius 2 is 2.00 bits per heavy atom. The van der Waals surface area contributed by atoms with Crippen LogP contribution >= 0.6 is 11.3 Å². The molecule has 3 heterocycles. The molecule has 2 aliphatic rings. The standard InChI is InChI=1S/C15H19NO2S/c17-7-1-2-14-5-6-15(19-14)10-16-11-3-4-12(16)9-13(18)8-11/h5-6,11-13,17-18H,3-4,7-10H2. The summed E-state index contributed by atoms with van der Waals surface area (Å²) < 4.78 is 0. The molecule has 3 rings (SSSR count). The number of hydrogen-bond acceptors (Lipinski definition) is 4. The highest BCUT2D eigenvalue weighted by molar-refractivity contribution is 7.12. The van der Waals surface area contributed by atoms with Crippen LogP contribution in [0.4, 0.5) is 0 Å². The van der Waals surface area contributed by atoms with Crippen LogP contribution in [0.5, 0.6) is 0 Å². The van der Waals surface area contributed by atoms with E-state index >= 15 is 0 Å². The molecule has 2 unspecified atom stereocenters. The number of hydrogen-bond donors (Lipinski definition) is 2. The highest BCUT2D eigenvalue weighted by Crippen LogP contribution is 2.37. The summed E-state index contributed by atoms with van der Waals surface area (Å²) in [6, 6.07) is 5.28. The summed E-state index contributed by atoms with van der Waals surface area (Å²) in [5, 5.41) is 18.5. The average molecular weight is 277 g/mol. The number of rotatable bonds is 2. The van der Waals surface area contributed by atoms with Crippen molar-refractivity contribution in [2.24, 2.45) is 0 Å². The smallest absolute Gasteiger partial charge is 0.104 e. The van der Waals surface area contributed by atoms with Gasteiger partial charge in [0.1, 0.15) is 6.61 Å². The molecule has 0 spiro atoms. The van der Waals surface area contributed by atoms with E-state index in [-0.39, 0.29) is 12.7 Å². The minimum absolute atomic E-state index is 0.0819. The first-order valence-corrected chi connectivity index (χ1v) is 7.70. The van der Waals surface area contributed by atoms with Crippen molar-refractivity contribution >= 4 is 11.3 Å². The second-order valence-electron chi connectivity index (χ2n) is 5.41. The van der Waals surface area contributed by atoms with Gasteiger partial charge < -0.3 is 10.2 Å². The van der Waals surface area contributed by atoms with Crippen molar-refractivity contribution in [3.63, 3.8) is 0 Å². The van der Waals surface area contributed by atoms with Crippen molar-refractivity contribution in [3.8, 4) is 11.8 Å². The van der Waals surface area contributed by atoms with Crippen LogP contribution in [0.15, 0.2) is 12.1 Å². The number of fused-ring (bicyclic) bond motifs is 2. The lowest BCUT2D eigenvalue weighted by atomic mass is 10.00. The van der Waals surface area contributed by atoms with Gasteiger partial charge in [0, 0.05) is 23.5 Å². The average Bonchev–Trinajstić information content (AvgIpc) is 2.92. The molecule has 0 aliphatic carbocycles. The van der Waals surface area contributed by atoms with E-state index in [1.54, 1.807) is 11.3 Å². The van der Waals surface area contributed by atoms with Gasteiger partial charge in [-0.05, 0) is 37.8 Å². The highest BCUT2D eigenvalue weighted by Gasteiger charge is 2.39.